The van der Waals surface area contributed by atoms with Gasteiger partial charge in [-0.05, 0) is 74.0 Å². The van der Waals surface area contributed by atoms with Crippen molar-refractivity contribution in [2.24, 2.45) is 0 Å². The summed E-state index contributed by atoms with van der Waals surface area (Å²) < 4.78 is 107. The van der Waals surface area contributed by atoms with Gasteiger partial charge in [-0.25, -0.2) is 0 Å². The molecule has 37 heavy (non-hydrogen) atoms. The van der Waals surface area contributed by atoms with Crippen molar-refractivity contribution in [2.45, 2.75) is 43.7 Å². The second-order valence-corrected chi connectivity index (χ2v) is 9.86. The molecule has 0 atom stereocenters. The second-order valence-electron chi connectivity index (χ2n) is 8.31. The van der Waals surface area contributed by atoms with Gasteiger partial charge in [-0.3, -0.25) is 4.79 Å². The number of amides is 1. The maximum Gasteiger partial charge on any atom is 0.416 e. The fourth-order valence-corrected chi connectivity index (χ4v) is 4.28. The molecule has 0 aliphatic rings. The van der Waals surface area contributed by atoms with Gasteiger partial charge in [-0.2, -0.15) is 34.8 Å². The van der Waals surface area contributed by atoms with Crippen molar-refractivity contribution in [3.63, 3.8) is 0 Å². The van der Waals surface area contributed by atoms with Crippen LogP contribution < -0.4 is 4.18 Å². The Kier molecular flexibility index (Phi) is 7.91. The van der Waals surface area contributed by atoms with Crippen LogP contribution in [0.5, 0.6) is 5.75 Å². The summed E-state index contributed by atoms with van der Waals surface area (Å²) in [6.45, 7) is 3.50. The molecule has 198 valence electrons. The normalized spacial score (nSPS) is 12.5. The molecule has 12 heteroatoms. The van der Waals surface area contributed by atoms with Gasteiger partial charge in [0, 0.05) is 18.2 Å². The van der Waals surface area contributed by atoms with Crippen LogP contribution in [0.4, 0.5) is 26.3 Å². The lowest BCUT2D eigenvalue weighted by atomic mass is 10.1. The number of carbonyl (C=O) groups excluding carboxylic acids is 1. The molecule has 0 N–H and O–H groups in total. The Morgan fingerprint density at radius 1 is 0.838 bits per heavy atom. The van der Waals surface area contributed by atoms with Crippen LogP contribution in [-0.4, -0.2) is 25.3 Å². The molecule has 0 unspecified atom stereocenters. The van der Waals surface area contributed by atoms with E-state index in [0.29, 0.717) is 11.6 Å². The summed E-state index contributed by atoms with van der Waals surface area (Å²) in [5.74, 6) is -0.664. The van der Waals surface area contributed by atoms with Gasteiger partial charge >= 0.3 is 22.5 Å². The zero-order chi connectivity index (χ0) is 27.6. The molecule has 0 fully saturated rings. The van der Waals surface area contributed by atoms with Crippen LogP contribution in [0.25, 0.3) is 0 Å². The van der Waals surface area contributed by atoms with Gasteiger partial charge < -0.3 is 9.08 Å². The zero-order valence-electron chi connectivity index (χ0n) is 19.5. The average molecular weight is 546 g/mol. The van der Waals surface area contributed by atoms with Crippen molar-refractivity contribution in [3.8, 4) is 5.75 Å². The first-order valence-corrected chi connectivity index (χ1v) is 12.2. The standard InChI is InChI=1S/C25H21F6NO4S/c1-16(2)32(23(33)18-8-10-19(11-9-18)24(26,27)28)15-17-6-12-21(13-7-17)36-37(34,35)22-5-3-4-20(14-22)25(29,30)31/h3-14,16H,15H2,1-2H3. The minimum Gasteiger partial charge on any atom is -0.379 e. The lowest BCUT2D eigenvalue weighted by Gasteiger charge is -2.27. The van der Waals surface area contributed by atoms with E-state index in [4.69, 9.17) is 4.18 Å². The molecule has 0 heterocycles. The van der Waals surface area contributed by atoms with Gasteiger partial charge in [0.15, 0.2) is 0 Å². The fourth-order valence-electron chi connectivity index (χ4n) is 3.31. The van der Waals surface area contributed by atoms with E-state index in [2.05, 4.69) is 0 Å². The maximum atomic E-state index is 12.9. The van der Waals surface area contributed by atoms with E-state index in [1.165, 1.54) is 29.2 Å². The van der Waals surface area contributed by atoms with E-state index in [-0.39, 0.29) is 23.9 Å². The number of hydrogen-bond acceptors (Lipinski definition) is 4. The molecule has 1 amide bonds. The van der Waals surface area contributed by atoms with E-state index in [0.717, 1.165) is 42.5 Å². The van der Waals surface area contributed by atoms with Crippen LogP contribution in [0.3, 0.4) is 0 Å². The van der Waals surface area contributed by atoms with Crippen LogP contribution in [0.15, 0.2) is 77.7 Å². The molecule has 0 aliphatic heterocycles. The van der Waals surface area contributed by atoms with Crippen LogP contribution >= 0.6 is 0 Å². The number of nitrogens with zero attached hydrogens (tertiary/aromatic N) is 1. The van der Waals surface area contributed by atoms with Crippen LogP contribution in [0, 0.1) is 0 Å². The summed E-state index contributed by atoms with van der Waals surface area (Å²) in [4.78, 5) is 13.7. The third kappa shape index (κ3) is 7.03. The maximum absolute atomic E-state index is 12.9. The number of halogens is 6. The van der Waals surface area contributed by atoms with Crippen molar-refractivity contribution in [3.05, 3.63) is 95.1 Å². The SMILES string of the molecule is CC(C)N(Cc1ccc(OS(=O)(=O)c2cccc(C(F)(F)F)c2)cc1)C(=O)c1ccc(C(F)(F)F)cc1. The molecule has 0 spiro atoms. The Labute approximate surface area is 209 Å². The highest BCUT2D eigenvalue weighted by Gasteiger charge is 2.32. The van der Waals surface area contributed by atoms with Gasteiger partial charge in [0.25, 0.3) is 5.91 Å². The zero-order valence-corrected chi connectivity index (χ0v) is 20.3. The highest BCUT2D eigenvalue weighted by atomic mass is 32.2. The number of carbonyl (C=O) groups is 1. The first-order valence-electron chi connectivity index (χ1n) is 10.8. The minimum absolute atomic E-state index is 0.0538. The Balaban J connectivity index is 1.74. The lowest BCUT2D eigenvalue weighted by Crippen LogP contribution is -2.36. The van der Waals surface area contributed by atoms with Crippen LogP contribution in [-0.2, 0) is 29.0 Å². The smallest absolute Gasteiger partial charge is 0.379 e. The predicted molar refractivity (Wildman–Crippen MR) is 122 cm³/mol. The largest absolute Gasteiger partial charge is 0.416 e. The topological polar surface area (TPSA) is 63.7 Å². The summed E-state index contributed by atoms with van der Waals surface area (Å²) >= 11 is 0. The van der Waals surface area contributed by atoms with E-state index < -0.39 is 44.4 Å². The second kappa shape index (κ2) is 10.4. The number of alkyl halides is 6. The highest BCUT2D eigenvalue weighted by Crippen LogP contribution is 2.32. The quantitative estimate of drug-likeness (QED) is 0.250. The number of hydrogen-bond donors (Lipinski definition) is 0. The highest BCUT2D eigenvalue weighted by molar-refractivity contribution is 7.87. The van der Waals surface area contributed by atoms with E-state index in [9.17, 15) is 39.6 Å². The number of rotatable bonds is 7. The third-order valence-electron chi connectivity index (χ3n) is 5.28. The molecule has 0 aliphatic carbocycles. The molecule has 0 aromatic heterocycles. The van der Waals surface area contributed by atoms with E-state index in [1.54, 1.807) is 13.8 Å². The predicted octanol–water partition coefficient (Wildman–Crippen LogP) is 6.54. The molecule has 3 rings (SSSR count). The van der Waals surface area contributed by atoms with Crippen molar-refractivity contribution in [2.75, 3.05) is 0 Å². The number of benzene rings is 3. The minimum atomic E-state index is -4.73. The summed E-state index contributed by atoms with van der Waals surface area (Å²) in [5.41, 5.74) is -1.40. The monoisotopic (exact) mass is 545 g/mol. The van der Waals surface area contributed by atoms with Gasteiger partial charge in [-0.15, -0.1) is 0 Å². The lowest BCUT2D eigenvalue weighted by molar-refractivity contribution is -0.138. The summed E-state index contributed by atoms with van der Waals surface area (Å²) in [5, 5.41) is 0. The summed E-state index contributed by atoms with van der Waals surface area (Å²) in [6.07, 6.45) is -9.26. The van der Waals surface area contributed by atoms with E-state index >= 15 is 0 Å². The van der Waals surface area contributed by atoms with Crippen LogP contribution in [0.1, 0.15) is 40.9 Å². The van der Waals surface area contributed by atoms with Gasteiger partial charge in [0.05, 0.1) is 11.1 Å². The molecular formula is C25H21F6NO4S. The molecular weight excluding hydrogens is 524 g/mol. The fraction of sp³-hybridized carbons (Fsp3) is 0.240. The Morgan fingerprint density at radius 3 is 1.92 bits per heavy atom. The van der Waals surface area contributed by atoms with Crippen molar-refractivity contribution in [1.29, 1.82) is 0 Å². The van der Waals surface area contributed by atoms with Crippen molar-refractivity contribution >= 4 is 16.0 Å². The van der Waals surface area contributed by atoms with E-state index in [1.807, 2.05) is 0 Å². The summed E-state index contributed by atoms with van der Waals surface area (Å²) in [7, 11) is -4.55. The molecule has 3 aromatic rings. The van der Waals surface area contributed by atoms with Gasteiger partial charge in [0.1, 0.15) is 10.6 Å². The van der Waals surface area contributed by atoms with Gasteiger partial charge in [-0.1, -0.05) is 18.2 Å². The first-order chi connectivity index (χ1) is 17.1. The molecule has 0 bridgehead atoms. The summed E-state index contributed by atoms with van der Waals surface area (Å²) in [6, 6.07) is 12.1. The van der Waals surface area contributed by atoms with Crippen molar-refractivity contribution in [1.82, 2.24) is 4.90 Å². The Bertz CT molecular complexity index is 1350. The molecule has 3 aromatic carbocycles. The molecule has 0 radical (unpaired) electrons. The molecule has 5 nitrogen and oxygen atoms in total. The molecule has 0 saturated heterocycles. The Hall–Kier alpha value is -3.54. The van der Waals surface area contributed by atoms with Crippen LogP contribution in [0.2, 0.25) is 0 Å². The van der Waals surface area contributed by atoms with Gasteiger partial charge in [0.2, 0.25) is 0 Å². The Morgan fingerprint density at radius 2 is 1.41 bits per heavy atom. The molecule has 0 saturated carbocycles. The average Bonchev–Trinajstić information content (AvgIpc) is 2.82. The first kappa shape index (κ1) is 28.0. The third-order valence-corrected chi connectivity index (χ3v) is 6.52. The van der Waals surface area contributed by atoms with Crippen molar-refractivity contribution < 1.29 is 43.7 Å².